The molecule has 0 heterocycles. The summed E-state index contributed by atoms with van der Waals surface area (Å²) >= 11 is 0. The first kappa shape index (κ1) is 10.6. The fraction of sp³-hybridized carbons (Fsp3) is 0. The maximum Gasteiger partial charge on any atom is 0.747 e. The van der Waals surface area contributed by atoms with Crippen molar-refractivity contribution >= 4 is 25.6 Å². The summed E-state index contributed by atoms with van der Waals surface area (Å²) in [4.78, 5) is 8.29. The fourth-order valence-electron chi connectivity index (χ4n) is 0.572. The maximum atomic E-state index is 10.1. The minimum atomic E-state index is -2.53. The predicted octanol–water partition coefficient (Wildman–Crippen LogP) is 0.531. The van der Waals surface area contributed by atoms with Crippen LogP contribution in [0.25, 0.3) is 0 Å². The molecule has 0 amide bonds. The molecule has 3 nitrogen and oxygen atoms in total. The van der Waals surface area contributed by atoms with Gasteiger partial charge in [-0.15, -0.1) is 4.89 Å². The third-order valence-electron chi connectivity index (χ3n) is 0.927. The Bertz CT molecular complexity index is 227. The molecule has 0 aliphatic rings. The molecule has 1 N–H and O–H groups in total. The monoisotopic (exact) mass is 187 g/mol. The quantitative estimate of drug-likeness (QED) is 0.542. The van der Waals surface area contributed by atoms with Crippen LogP contribution in [0.1, 0.15) is 0 Å². The molecule has 0 aliphatic heterocycles. The Labute approximate surface area is 76.1 Å². The Morgan fingerprint density at radius 2 is 1.82 bits per heavy atom. The molecule has 58 valence electrons. The summed E-state index contributed by atoms with van der Waals surface area (Å²) < 4.78 is 14.6. The van der Waals surface area contributed by atoms with E-state index in [1.165, 1.54) is 0 Å². The minimum absolute atomic E-state index is 0. The van der Waals surface area contributed by atoms with Gasteiger partial charge in [-0.2, -0.15) is 0 Å². The van der Waals surface area contributed by atoms with Crippen LogP contribution in [0.15, 0.2) is 30.3 Å². The van der Waals surface area contributed by atoms with Crippen molar-refractivity contribution < 1.29 is 14.0 Å². The molecule has 0 saturated heterocycles. The van der Waals surface area contributed by atoms with Gasteiger partial charge in [-0.1, -0.05) is 18.2 Å². The highest BCUT2D eigenvalue weighted by Gasteiger charge is 2.12. The molecule has 11 heavy (non-hydrogen) atoms. The summed E-state index contributed by atoms with van der Waals surface area (Å²) in [6.45, 7) is 0. The zero-order valence-electron chi connectivity index (χ0n) is 5.10. The van der Waals surface area contributed by atoms with Gasteiger partial charge in [0.1, 0.15) is 0 Å². The van der Waals surface area contributed by atoms with Gasteiger partial charge < -0.3 is 0 Å². The molecule has 0 aliphatic carbocycles. The third kappa shape index (κ3) is 4.13. The van der Waals surface area contributed by atoms with Crippen LogP contribution in [0.5, 0.6) is 5.75 Å². The van der Waals surface area contributed by atoms with Crippen LogP contribution in [-0.2, 0) is 4.57 Å². The second-order valence-corrected chi connectivity index (χ2v) is 2.30. The molecule has 0 bridgehead atoms. The minimum Gasteiger partial charge on any atom is -0.229 e. The molecule has 5 heteroatoms. The average Bonchev–Trinajstić information content (AvgIpc) is 1.88. The number of para-hydroxylation sites is 1. The molecule has 1 aromatic carbocycles. The molecule has 0 radical (unpaired) electrons. The van der Waals surface area contributed by atoms with Gasteiger partial charge in [0, 0.05) is 4.57 Å². The van der Waals surface area contributed by atoms with Crippen LogP contribution in [0.2, 0.25) is 0 Å². The van der Waals surface area contributed by atoms with Crippen LogP contribution >= 0.6 is 8.25 Å². The molecule has 1 atom stereocenters. The van der Waals surface area contributed by atoms with Crippen molar-refractivity contribution in [3.05, 3.63) is 30.3 Å². The first-order chi connectivity index (χ1) is 4.79. The smallest absolute Gasteiger partial charge is 0.229 e. The molecular weight excluding hydrogens is 178 g/mol. The van der Waals surface area contributed by atoms with E-state index in [1.807, 2.05) is 0 Å². The van der Waals surface area contributed by atoms with E-state index in [0.29, 0.717) is 5.75 Å². The van der Waals surface area contributed by atoms with Crippen LogP contribution in [0.3, 0.4) is 0 Å². The number of rotatable bonds is 2. The lowest BCUT2D eigenvalue weighted by atomic mass is 10.3. The van der Waals surface area contributed by atoms with Crippen molar-refractivity contribution in [2.45, 2.75) is 0 Å². The Morgan fingerprint density at radius 3 is 2.27 bits per heavy atom. The van der Waals surface area contributed by atoms with Crippen molar-refractivity contribution in [3.8, 4) is 5.75 Å². The first-order valence-electron chi connectivity index (χ1n) is 2.68. The summed E-state index contributed by atoms with van der Waals surface area (Å²) in [5.74, 6) is 0.408. The highest BCUT2D eigenvalue weighted by molar-refractivity contribution is 7.32. The zero-order chi connectivity index (χ0) is 7.40. The largest absolute Gasteiger partial charge is 0.747 e. The lowest BCUT2D eigenvalue weighted by molar-refractivity contribution is 0.410. The van der Waals surface area contributed by atoms with Crippen molar-refractivity contribution in [2.24, 2.45) is 0 Å². The zero-order valence-corrected chi connectivity index (χ0v) is 5.99. The predicted molar refractivity (Wildman–Crippen MR) is 46.8 cm³/mol. The van der Waals surface area contributed by atoms with Gasteiger partial charge in [-0.25, -0.2) is 4.52 Å². The van der Waals surface area contributed by atoms with Crippen LogP contribution < -0.4 is 4.52 Å². The van der Waals surface area contributed by atoms with E-state index in [4.69, 9.17) is 4.89 Å². The highest BCUT2D eigenvalue weighted by Crippen LogP contribution is 2.21. The SMILES string of the molecule is O=[P+](O)Oc1ccccc1.[AlH3]. The number of benzene rings is 1. The molecule has 1 aromatic rings. The van der Waals surface area contributed by atoms with Crippen molar-refractivity contribution in [2.75, 3.05) is 0 Å². The summed E-state index contributed by atoms with van der Waals surface area (Å²) in [6.07, 6.45) is 0. The summed E-state index contributed by atoms with van der Waals surface area (Å²) in [6, 6.07) is 8.49. The van der Waals surface area contributed by atoms with E-state index in [-0.39, 0.29) is 17.4 Å². The molecule has 1 rings (SSSR count). The van der Waals surface area contributed by atoms with Gasteiger partial charge in [0.05, 0.1) is 0 Å². The maximum absolute atomic E-state index is 10.1. The van der Waals surface area contributed by atoms with E-state index >= 15 is 0 Å². The van der Waals surface area contributed by atoms with Crippen molar-refractivity contribution in [1.29, 1.82) is 0 Å². The summed E-state index contributed by atoms with van der Waals surface area (Å²) in [5, 5.41) is 0. The van der Waals surface area contributed by atoms with E-state index in [0.717, 1.165) is 0 Å². The topological polar surface area (TPSA) is 46.5 Å². The van der Waals surface area contributed by atoms with Crippen LogP contribution in [0.4, 0.5) is 0 Å². The van der Waals surface area contributed by atoms with Gasteiger partial charge in [-0.05, 0) is 12.1 Å². The molecule has 0 aromatic heterocycles. The fourth-order valence-corrected chi connectivity index (χ4v) is 0.874. The van der Waals surface area contributed by atoms with E-state index in [1.54, 1.807) is 30.3 Å². The Balaban J connectivity index is 0.000001000. The first-order valence-corrected chi connectivity index (χ1v) is 3.81. The number of hydrogen-bond donors (Lipinski definition) is 1. The van der Waals surface area contributed by atoms with E-state index in [9.17, 15) is 4.57 Å². The van der Waals surface area contributed by atoms with Gasteiger partial charge in [-0.3, -0.25) is 0 Å². The van der Waals surface area contributed by atoms with Crippen molar-refractivity contribution in [3.63, 3.8) is 0 Å². The van der Waals surface area contributed by atoms with Crippen LogP contribution in [0, 0.1) is 0 Å². The lowest BCUT2D eigenvalue weighted by Crippen LogP contribution is -1.77. The van der Waals surface area contributed by atoms with Gasteiger partial charge in [0.2, 0.25) is 0 Å². The van der Waals surface area contributed by atoms with Gasteiger partial charge in [0.15, 0.2) is 23.1 Å². The van der Waals surface area contributed by atoms with Crippen LogP contribution in [-0.4, -0.2) is 22.3 Å². The van der Waals surface area contributed by atoms with E-state index < -0.39 is 8.25 Å². The molecule has 0 saturated carbocycles. The summed E-state index contributed by atoms with van der Waals surface area (Å²) in [5.41, 5.74) is 0. The molecule has 0 fully saturated rings. The Morgan fingerprint density at radius 1 is 1.27 bits per heavy atom. The average molecular weight is 187 g/mol. The van der Waals surface area contributed by atoms with Gasteiger partial charge >= 0.3 is 8.25 Å². The Hall–Kier alpha value is -0.388. The second-order valence-electron chi connectivity index (χ2n) is 1.64. The number of hydrogen-bond acceptors (Lipinski definition) is 2. The van der Waals surface area contributed by atoms with E-state index in [2.05, 4.69) is 4.52 Å². The third-order valence-corrected chi connectivity index (χ3v) is 1.29. The molecular formula is C6H9AlO3P+. The lowest BCUT2D eigenvalue weighted by Gasteiger charge is -1.86. The van der Waals surface area contributed by atoms with Gasteiger partial charge in [0.25, 0.3) is 0 Å². The standard InChI is InChI=1S/C6H5O3P.Al.3H/c7-10(8)9-6-4-2-1-3-5-6;;;;/h1-5H;;;;/p+1. The Kier molecular flexibility index (Phi) is 5.10. The highest BCUT2D eigenvalue weighted by atomic mass is 31.1. The van der Waals surface area contributed by atoms with Crippen molar-refractivity contribution in [1.82, 2.24) is 0 Å². The normalized spacial score (nSPS) is 9.73. The summed E-state index contributed by atoms with van der Waals surface area (Å²) in [7, 11) is -2.53. The molecule has 1 unspecified atom stereocenters. The molecule has 0 spiro atoms. The second kappa shape index (κ2) is 5.29.